The molecule has 0 radical (unpaired) electrons. The Labute approximate surface area is 168 Å². The lowest BCUT2D eigenvalue weighted by molar-refractivity contribution is -0.0594. The quantitative estimate of drug-likeness (QED) is 0.606. The molecule has 1 N–H and O–H groups in total. The maximum Gasteiger partial charge on any atom is 0.134 e. The van der Waals surface area contributed by atoms with Crippen molar-refractivity contribution in [1.82, 2.24) is 4.90 Å². The molecule has 2 aromatic carbocycles. The number of benzene rings is 2. The lowest BCUT2D eigenvalue weighted by Crippen LogP contribution is -2.49. The highest BCUT2D eigenvalue weighted by Crippen LogP contribution is 2.47. The van der Waals surface area contributed by atoms with Crippen LogP contribution in [0.2, 0.25) is 10.0 Å². The summed E-state index contributed by atoms with van der Waals surface area (Å²) < 4.78 is 5.71. The van der Waals surface area contributed by atoms with Gasteiger partial charge in [0.1, 0.15) is 5.58 Å². The van der Waals surface area contributed by atoms with Gasteiger partial charge in [0.2, 0.25) is 0 Å². The van der Waals surface area contributed by atoms with Crippen molar-refractivity contribution < 1.29 is 9.52 Å². The van der Waals surface area contributed by atoms with Gasteiger partial charge in [-0.25, -0.2) is 0 Å². The molecule has 27 heavy (non-hydrogen) atoms. The Hall–Kier alpha value is -1.52. The van der Waals surface area contributed by atoms with Crippen molar-refractivity contribution in [1.29, 1.82) is 0 Å². The fourth-order valence-electron chi connectivity index (χ4n) is 4.95. The molecule has 3 nitrogen and oxygen atoms in total. The summed E-state index contributed by atoms with van der Waals surface area (Å²) in [6, 6.07) is 14.4. The molecule has 0 spiro atoms. The van der Waals surface area contributed by atoms with E-state index in [2.05, 4.69) is 17.0 Å². The fourth-order valence-corrected chi connectivity index (χ4v) is 5.25. The molecule has 0 saturated carbocycles. The second-order valence-corrected chi connectivity index (χ2v) is 8.70. The first-order chi connectivity index (χ1) is 13.0. The Morgan fingerprint density at radius 2 is 1.78 bits per heavy atom. The van der Waals surface area contributed by atoms with Crippen LogP contribution in [-0.2, 0) is 12.1 Å². The number of nitrogens with zero attached hydrogens (tertiary/aromatic N) is 1. The van der Waals surface area contributed by atoms with Crippen LogP contribution in [0.15, 0.2) is 53.1 Å². The highest BCUT2D eigenvalue weighted by atomic mass is 35.5. The molecule has 2 fully saturated rings. The van der Waals surface area contributed by atoms with Crippen LogP contribution < -0.4 is 0 Å². The Morgan fingerprint density at radius 3 is 2.52 bits per heavy atom. The van der Waals surface area contributed by atoms with E-state index < -0.39 is 5.60 Å². The number of aliphatic hydroxyl groups is 1. The van der Waals surface area contributed by atoms with Gasteiger partial charge >= 0.3 is 0 Å². The van der Waals surface area contributed by atoms with E-state index in [1.165, 1.54) is 10.9 Å². The van der Waals surface area contributed by atoms with Gasteiger partial charge in [0.05, 0.1) is 21.9 Å². The van der Waals surface area contributed by atoms with Crippen molar-refractivity contribution >= 4 is 34.2 Å². The molecule has 1 aromatic heterocycles. The molecular weight excluding hydrogens is 381 g/mol. The van der Waals surface area contributed by atoms with E-state index in [0.29, 0.717) is 22.1 Å². The Kier molecular flexibility index (Phi) is 4.25. The molecule has 3 atom stereocenters. The van der Waals surface area contributed by atoms with Crippen LogP contribution in [-0.4, -0.2) is 22.1 Å². The van der Waals surface area contributed by atoms with Crippen molar-refractivity contribution in [3.05, 3.63) is 69.9 Å². The van der Waals surface area contributed by atoms with E-state index in [9.17, 15) is 5.11 Å². The average Bonchev–Trinajstić information content (AvgIpc) is 3.17. The molecule has 2 saturated heterocycles. The van der Waals surface area contributed by atoms with Crippen LogP contribution in [0.4, 0.5) is 0 Å². The minimum Gasteiger partial charge on any atom is -0.464 e. The summed E-state index contributed by atoms with van der Waals surface area (Å²) in [6.07, 6.45) is 5.55. The number of piperidine rings is 1. The zero-order chi connectivity index (χ0) is 18.6. The van der Waals surface area contributed by atoms with Gasteiger partial charge in [-0.1, -0.05) is 47.5 Å². The third kappa shape index (κ3) is 2.98. The molecule has 2 bridgehead atoms. The van der Waals surface area contributed by atoms with Gasteiger partial charge in [-0.2, -0.15) is 0 Å². The first-order valence-corrected chi connectivity index (χ1v) is 10.2. The van der Waals surface area contributed by atoms with Crippen LogP contribution in [0.5, 0.6) is 0 Å². The molecule has 3 heterocycles. The highest BCUT2D eigenvalue weighted by molar-refractivity contribution is 6.42. The summed E-state index contributed by atoms with van der Waals surface area (Å²) in [7, 11) is 0. The van der Waals surface area contributed by atoms with Crippen molar-refractivity contribution in [2.24, 2.45) is 0 Å². The van der Waals surface area contributed by atoms with E-state index >= 15 is 0 Å². The lowest BCUT2D eigenvalue weighted by atomic mass is 9.80. The largest absolute Gasteiger partial charge is 0.464 e. The third-order valence-electron chi connectivity index (χ3n) is 6.29. The smallest absolute Gasteiger partial charge is 0.134 e. The van der Waals surface area contributed by atoms with E-state index in [0.717, 1.165) is 43.4 Å². The molecule has 3 aromatic rings. The van der Waals surface area contributed by atoms with E-state index in [-0.39, 0.29) is 0 Å². The molecule has 0 amide bonds. The van der Waals surface area contributed by atoms with E-state index in [1.807, 2.05) is 30.5 Å². The van der Waals surface area contributed by atoms with Crippen LogP contribution in [0.3, 0.4) is 0 Å². The molecule has 1 unspecified atom stereocenters. The van der Waals surface area contributed by atoms with Gasteiger partial charge in [-0.05, 0) is 49.4 Å². The standard InChI is InChI=1S/C22H21Cl2NO2/c23-19-8-5-15(9-20(19)24)22(26)10-16-6-7-17(11-22)25(16)12-14-13-27-21-4-2-1-3-18(14)21/h1-5,8-9,13,16-17,26H,6-7,10-12H2/t16-,17+,22?. The van der Waals surface area contributed by atoms with Crippen LogP contribution >= 0.6 is 23.2 Å². The minimum absolute atomic E-state index is 0.358. The molecule has 5 rings (SSSR count). The van der Waals surface area contributed by atoms with Crippen molar-refractivity contribution in [3.8, 4) is 0 Å². The summed E-state index contributed by atoms with van der Waals surface area (Å²) in [5.41, 5.74) is 2.20. The number of rotatable bonds is 3. The van der Waals surface area contributed by atoms with Crippen molar-refractivity contribution in [2.45, 2.75) is 49.9 Å². The summed E-state index contributed by atoms with van der Waals surface area (Å²) in [4.78, 5) is 2.54. The summed E-state index contributed by atoms with van der Waals surface area (Å²) in [5, 5.41) is 13.6. The molecule has 0 aliphatic carbocycles. The third-order valence-corrected chi connectivity index (χ3v) is 7.03. The first-order valence-electron chi connectivity index (χ1n) is 9.42. The molecule has 5 heteroatoms. The summed E-state index contributed by atoms with van der Waals surface area (Å²) in [5.74, 6) is 0. The SMILES string of the molecule is OC1(c2ccc(Cl)c(Cl)c2)C[C@H]2CC[C@@H](C1)N2Cc1coc2ccccc12. The van der Waals surface area contributed by atoms with Gasteiger partial charge in [-0.3, -0.25) is 4.90 Å². The molecule has 140 valence electrons. The van der Waals surface area contributed by atoms with Gasteiger partial charge in [0.25, 0.3) is 0 Å². The predicted octanol–water partition coefficient (Wildman–Crippen LogP) is 5.75. The van der Waals surface area contributed by atoms with Crippen LogP contribution in [0.1, 0.15) is 36.8 Å². The van der Waals surface area contributed by atoms with Gasteiger partial charge < -0.3 is 9.52 Å². The maximum absolute atomic E-state index is 11.4. The minimum atomic E-state index is -0.838. The van der Waals surface area contributed by atoms with E-state index in [4.69, 9.17) is 27.6 Å². The zero-order valence-corrected chi connectivity index (χ0v) is 16.4. The van der Waals surface area contributed by atoms with Gasteiger partial charge in [0, 0.05) is 29.6 Å². The number of hydrogen-bond donors (Lipinski definition) is 1. The number of furan rings is 1. The summed E-state index contributed by atoms with van der Waals surface area (Å²) >= 11 is 12.3. The number of para-hydroxylation sites is 1. The Balaban J connectivity index is 1.40. The zero-order valence-electron chi connectivity index (χ0n) is 14.9. The van der Waals surface area contributed by atoms with E-state index in [1.54, 1.807) is 6.07 Å². The van der Waals surface area contributed by atoms with Gasteiger partial charge in [0.15, 0.2) is 0 Å². The normalized spacial score (nSPS) is 28.1. The monoisotopic (exact) mass is 401 g/mol. The first kappa shape index (κ1) is 17.6. The van der Waals surface area contributed by atoms with Crippen molar-refractivity contribution in [2.75, 3.05) is 0 Å². The highest BCUT2D eigenvalue weighted by Gasteiger charge is 2.48. The average molecular weight is 402 g/mol. The van der Waals surface area contributed by atoms with Crippen LogP contribution in [0, 0.1) is 0 Å². The van der Waals surface area contributed by atoms with Gasteiger partial charge in [-0.15, -0.1) is 0 Å². The lowest BCUT2D eigenvalue weighted by Gasteiger charge is -2.44. The topological polar surface area (TPSA) is 36.6 Å². The van der Waals surface area contributed by atoms with Crippen molar-refractivity contribution in [3.63, 3.8) is 0 Å². The fraction of sp³-hybridized carbons (Fsp3) is 0.364. The summed E-state index contributed by atoms with van der Waals surface area (Å²) in [6.45, 7) is 0.865. The number of hydrogen-bond acceptors (Lipinski definition) is 3. The van der Waals surface area contributed by atoms with Crippen LogP contribution in [0.25, 0.3) is 11.0 Å². The molecular formula is C22H21Cl2NO2. The second kappa shape index (κ2) is 6.52. The predicted molar refractivity (Wildman–Crippen MR) is 108 cm³/mol. The maximum atomic E-state index is 11.4. The molecule has 2 aliphatic rings. The number of halogens is 2. The number of fused-ring (bicyclic) bond motifs is 3. The Morgan fingerprint density at radius 1 is 1.04 bits per heavy atom. The Bertz CT molecular complexity index is 985. The molecule has 2 aliphatic heterocycles. The second-order valence-electron chi connectivity index (χ2n) is 7.88.